The summed E-state index contributed by atoms with van der Waals surface area (Å²) in [5.74, 6) is 1.48. The molecule has 2 aromatic rings. The van der Waals surface area contributed by atoms with Crippen molar-refractivity contribution in [2.75, 3.05) is 23.3 Å². The molecule has 1 N–H and O–H groups in total. The van der Waals surface area contributed by atoms with E-state index in [9.17, 15) is 4.79 Å². The Bertz CT molecular complexity index is 637. The van der Waals surface area contributed by atoms with Crippen LogP contribution in [0.3, 0.4) is 0 Å². The Morgan fingerprint density at radius 2 is 2.04 bits per heavy atom. The third-order valence-corrected chi connectivity index (χ3v) is 3.83. The highest BCUT2D eigenvalue weighted by atomic mass is 16.6. The minimum Gasteiger partial charge on any atom is -0.446 e. The second-order valence-corrected chi connectivity index (χ2v) is 5.63. The zero-order valence-corrected chi connectivity index (χ0v) is 13.1. The highest BCUT2D eigenvalue weighted by molar-refractivity contribution is 5.83. The first-order valence-electron chi connectivity index (χ1n) is 7.77. The van der Waals surface area contributed by atoms with Gasteiger partial charge in [-0.05, 0) is 30.7 Å². The van der Waals surface area contributed by atoms with Crippen LogP contribution < -0.4 is 10.2 Å². The summed E-state index contributed by atoms with van der Waals surface area (Å²) in [7, 11) is 0. The van der Waals surface area contributed by atoms with E-state index in [2.05, 4.69) is 20.2 Å². The number of piperidine rings is 1. The molecule has 1 aliphatic heterocycles. The van der Waals surface area contributed by atoms with Gasteiger partial charge in [-0.25, -0.2) is 14.8 Å². The van der Waals surface area contributed by atoms with E-state index in [1.165, 1.54) is 0 Å². The number of rotatable bonds is 3. The fourth-order valence-corrected chi connectivity index (χ4v) is 2.57. The van der Waals surface area contributed by atoms with E-state index >= 15 is 0 Å². The van der Waals surface area contributed by atoms with Gasteiger partial charge in [0.1, 0.15) is 17.7 Å². The first-order chi connectivity index (χ1) is 11.2. The van der Waals surface area contributed by atoms with Crippen LogP contribution in [0, 0.1) is 6.92 Å². The summed E-state index contributed by atoms with van der Waals surface area (Å²) in [5, 5.41) is 2.66. The fraction of sp³-hybridized carbons (Fsp3) is 0.353. The van der Waals surface area contributed by atoms with Crippen LogP contribution >= 0.6 is 0 Å². The van der Waals surface area contributed by atoms with Crippen LogP contribution in [0.5, 0.6) is 0 Å². The monoisotopic (exact) mass is 312 g/mol. The number of hydrogen-bond acceptors (Lipinski definition) is 5. The van der Waals surface area contributed by atoms with Crippen LogP contribution in [0.25, 0.3) is 0 Å². The number of ether oxygens (including phenoxy) is 1. The smallest absolute Gasteiger partial charge is 0.413 e. The van der Waals surface area contributed by atoms with Crippen LogP contribution in [-0.2, 0) is 4.74 Å². The van der Waals surface area contributed by atoms with E-state index < -0.39 is 6.09 Å². The first-order valence-corrected chi connectivity index (χ1v) is 7.77. The molecule has 3 rings (SSSR count). The van der Waals surface area contributed by atoms with E-state index in [1.54, 1.807) is 18.5 Å². The third-order valence-electron chi connectivity index (χ3n) is 3.83. The van der Waals surface area contributed by atoms with Gasteiger partial charge in [0, 0.05) is 38.3 Å². The lowest BCUT2D eigenvalue weighted by Gasteiger charge is -2.32. The Kier molecular flexibility index (Phi) is 4.71. The van der Waals surface area contributed by atoms with E-state index in [0.717, 1.165) is 37.3 Å². The summed E-state index contributed by atoms with van der Waals surface area (Å²) < 4.78 is 5.47. The summed E-state index contributed by atoms with van der Waals surface area (Å²) >= 11 is 0. The SMILES string of the molecule is Cc1ccc(NC(=O)OC2CCN(c3ccccn3)CC2)nc1. The summed E-state index contributed by atoms with van der Waals surface area (Å²) in [6.07, 6.45) is 4.58. The number of carbonyl (C=O) groups is 1. The van der Waals surface area contributed by atoms with Crippen LogP contribution in [0.2, 0.25) is 0 Å². The molecule has 0 saturated carbocycles. The second kappa shape index (κ2) is 7.09. The van der Waals surface area contributed by atoms with Crippen molar-refractivity contribution in [3.05, 3.63) is 48.3 Å². The number of nitrogens with one attached hydrogen (secondary N) is 1. The van der Waals surface area contributed by atoms with Crippen LogP contribution in [0.15, 0.2) is 42.7 Å². The third kappa shape index (κ3) is 4.18. The molecule has 23 heavy (non-hydrogen) atoms. The molecule has 0 radical (unpaired) electrons. The Morgan fingerprint density at radius 3 is 2.70 bits per heavy atom. The van der Waals surface area contributed by atoms with Gasteiger partial charge in [-0.2, -0.15) is 0 Å². The van der Waals surface area contributed by atoms with Crippen molar-refractivity contribution in [1.29, 1.82) is 0 Å². The van der Waals surface area contributed by atoms with Crippen molar-refractivity contribution in [2.24, 2.45) is 0 Å². The van der Waals surface area contributed by atoms with Gasteiger partial charge in [0.15, 0.2) is 0 Å². The second-order valence-electron chi connectivity index (χ2n) is 5.63. The molecule has 0 spiro atoms. The maximum Gasteiger partial charge on any atom is 0.413 e. The standard InChI is InChI=1S/C17H20N4O2/c1-13-5-6-15(19-12-13)20-17(22)23-14-7-10-21(11-8-14)16-4-2-3-9-18-16/h2-6,9,12,14H,7-8,10-11H2,1H3,(H,19,20,22). The van der Waals surface area contributed by atoms with Crippen molar-refractivity contribution in [3.8, 4) is 0 Å². The highest BCUT2D eigenvalue weighted by Gasteiger charge is 2.23. The van der Waals surface area contributed by atoms with E-state index in [1.807, 2.05) is 31.2 Å². The lowest BCUT2D eigenvalue weighted by atomic mass is 10.1. The van der Waals surface area contributed by atoms with E-state index in [4.69, 9.17) is 4.74 Å². The quantitative estimate of drug-likeness (QED) is 0.943. The van der Waals surface area contributed by atoms with Gasteiger partial charge in [0.2, 0.25) is 0 Å². The Balaban J connectivity index is 1.47. The Labute approximate surface area is 135 Å². The predicted molar refractivity (Wildman–Crippen MR) is 88.5 cm³/mol. The van der Waals surface area contributed by atoms with Crippen molar-refractivity contribution < 1.29 is 9.53 Å². The van der Waals surface area contributed by atoms with Crippen molar-refractivity contribution in [1.82, 2.24) is 9.97 Å². The molecule has 6 heteroatoms. The first kappa shape index (κ1) is 15.3. The highest BCUT2D eigenvalue weighted by Crippen LogP contribution is 2.19. The van der Waals surface area contributed by atoms with Gasteiger partial charge >= 0.3 is 6.09 Å². The number of carbonyl (C=O) groups excluding carboxylic acids is 1. The molecule has 120 valence electrons. The van der Waals surface area contributed by atoms with Gasteiger partial charge < -0.3 is 9.64 Å². The summed E-state index contributed by atoms with van der Waals surface area (Å²) in [4.78, 5) is 22.6. The molecule has 3 heterocycles. The van der Waals surface area contributed by atoms with Crippen molar-refractivity contribution in [2.45, 2.75) is 25.9 Å². The molecule has 0 unspecified atom stereocenters. The number of anilines is 2. The molecule has 0 aromatic carbocycles. The van der Waals surface area contributed by atoms with Crippen molar-refractivity contribution >= 4 is 17.7 Å². The number of amides is 1. The van der Waals surface area contributed by atoms with Crippen LogP contribution in [0.4, 0.5) is 16.4 Å². The van der Waals surface area contributed by atoms with E-state index in [0.29, 0.717) is 5.82 Å². The van der Waals surface area contributed by atoms with Crippen molar-refractivity contribution in [3.63, 3.8) is 0 Å². The van der Waals surface area contributed by atoms with Gasteiger partial charge in [0.25, 0.3) is 0 Å². The molecule has 2 aromatic heterocycles. The molecule has 6 nitrogen and oxygen atoms in total. The minimum atomic E-state index is -0.447. The van der Waals surface area contributed by atoms with Gasteiger partial charge in [-0.15, -0.1) is 0 Å². The Hall–Kier alpha value is -2.63. The molecule has 1 amide bonds. The normalized spacial score (nSPS) is 15.3. The van der Waals surface area contributed by atoms with Crippen LogP contribution in [-0.4, -0.2) is 35.3 Å². The average molecular weight is 312 g/mol. The molecule has 1 fully saturated rings. The number of aromatic nitrogens is 2. The Morgan fingerprint density at radius 1 is 1.22 bits per heavy atom. The fourth-order valence-electron chi connectivity index (χ4n) is 2.57. The van der Waals surface area contributed by atoms with Gasteiger partial charge in [-0.1, -0.05) is 12.1 Å². The zero-order chi connectivity index (χ0) is 16.1. The van der Waals surface area contributed by atoms with E-state index in [-0.39, 0.29) is 6.10 Å². The molecule has 1 aliphatic rings. The number of hydrogen-bond donors (Lipinski definition) is 1. The average Bonchev–Trinajstić information content (AvgIpc) is 2.58. The predicted octanol–water partition coefficient (Wildman–Crippen LogP) is 3.00. The lowest BCUT2D eigenvalue weighted by molar-refractivity contribution is 0.0949. The molecule has 0 aliphatic carbocycles. The molecular weight excluding hydrogens is 292 g/mol. The maximum absolute atomic E-state index is 11.9. The van der Waals surface area contributed by atoms with Gasteiger partial charge in [-0.3, -0.25) is 5.32 Å². The lowest BCUT2D eigenvalue weighted by Crippen LogP contribution is -2.38. The number of nitrogens with zero attached hydrogens (tertiary/aromatic N) is 3. The zero-order valence-electron chi connectivity index (χ0n) is 13.1. The summed E-state index contributed by atoms with van der Waals surface area (Å²) in [6, 6.07) is 9.54. The largest absolute Gasteiger partial charge is 0.446 e. The summed E-state index contributed by atoms with van der Waals surface area (Å²) in [6.45, 7) is 3.61. The molecular formula is C17H20N4O2. The number of aryl methyl sites for hydroxylation is 1. The number of pyridine rings is 2. The molecule has 0 bridgehead atoms. The molecule has 0 atom stereocenters. The van der Waals surface area contributed by atoms with Gasteiger partial charge in [0.05, 0.1) is 0 Å². The topological polar surface area (TPSA) is 67.3 Å². The summed E-state index contributed by atoms with van der Waals surface area (Å²) in [5.41, 5.74) is 1.05. The maximum atomic E-state index is 11.9. The molecule has 1 saturated heterocycles. The van der Waals surface area contributed by atoms with Crippen LogP contribution in [0.1, 0.15) is 18.4 Å². The minimum absolute atomic E-state index is 0.0691.